The number of fused-ring (bicyclic) bond motifs is 3. The molecule has 0 heteroatoms. The Morgan fingerprint density at radius 1 is 0.857 bits per heavy atom. The van der Waals surface area contributed by atoms with E-state index in [9.17, 15) is 0 Å². The predicted octanol–water partition coefficient (Wildman–Crippen LogP) is 1.91. The lowest BCUT2D eigenvalue weighted by atomic mass is 10.1. The number of rotatable bonds is 0. The third kappa shape index (κ3) is 0.942. The van der Waals surface area contributed by atoms with Gasteiger partial charge in [-0.25, -0.2) is 0 Å². The van der Waals surface area contributed by atoms with Gasteiger partial charge in [0.1, 0.15) is 0 Å². The van der Waals surface area contributed by atoms with E-state index in [0.29, 0.717) is 0 Å². The van der Waals surface area contributed by atoms with E-state index in [0.717, 1.165) is 5.22 Å². The summed E-state index contributed by atoms with van der Waals surface area (Å²) in [5, 5.41) is 2.38. The maximum atomic E-state index is 3.96. The molecule has 0 amide bonds. The fraction of sp³-hybridized carbons (Fsp3) is 0. The molecule has 14 heavy (non-hydrogen) atoms. The van der Waals surface area contributed by atoms with Crippen LogP contribution in [-0.2, 0) is 0 Å². The molecule has 0 N–H and O–H groups in total. The van der Waals surface area contributed by atoms with Crippen molar-refractivity contribution in [1.29, 1.82) is 0 Å². The van der Waals surface area contributed by atoms with Crippen LogP contribution in [-0.4, -0.2) is 0 Å². The molecule has 0 fully saturated rings. The van der Waals surface area contributed by atoms with Crippen molar-refractivity contribution in [1.82, 2.24) is 0 Å². The van der Waals surface area contributed by atoms with Crippen molar-refractivity contribution in [3.8, 4) is 11.1 Å². The Bertz CT molecular complexity index is 606. The Morgan fingerprint density at radius 3 is 2.64 bits per heavy atom. The van der Waals surface area contributed by atoms with Gasteiger partial charge in [-0.2, -0.15) is 0 Å². The van der Waals surface area contributed by atoms with Crippen LogP contribution < -0.4 is 10.4 Å². The van der Waals surface area contributed by atoms with Crippen molar-refractivity contribution in [3.63, 3.8) is 0 Å². The van der Waals surface area contributed by atoms with Gasteiger partial charge in [0.05, 0.1) is 0 Å². The fourth-order valence-corrected chi connectivity index (χ4v) is 2.00. The molecule has 0 spiro atoms. The minimum absolute atomic E-state index is 1.08. The number of hydrogen-bond acceptors (Lipinski definition) is 0. The molecular weight excluding hydrogens is 168 g/mol. The van der Waals surface area contributed by atoms with Gasteiger partial charge in [0.2, 0.25) is 0 Å². The molecule has 2 aromatic rings. The van der Waals surface area contributed by atoms with Gasteiger partial charge in [-0.1, -0.05) is 43.0 Å². The van der Waals surface area contributed by atoms with Gasteiger partial charge in [-0.15, -0.1) is 0 Å². The van der Waals surface area contributed by atoms with Gasteiger partial charge in [0.25, 0.3) is 0 Å². The van der Waals surface area contributed by atoms with E-state index in [-0.39, 0.29) is 0 Å². The van der Waals surface area contributed by atoms with Crippen molar-refractivity contribution in [3.05, 3.63) is 58.5 Å². The van der Waals surface area contributed by atoms with E-state index < -0.39 is 0 Å². The Kier molecular flexibility index (Phi) is 1.40. The number of benzene rings is 2. The molecule has 1 aliphatic rings. The summed E-state index contributed by atoms with van der Waals surface area (Å²) in [5.41, 5.74) is 3.95. The Morgan fingerprint density at radius 2 is 1.71 bits per heavy atom. The van der Waals surface area contributed by atoms with Crippen LogP contribution in [0.5, 0.6) is 0 Å². The molecule has 2 aromatic carbocycles. The summed E-state index contributed by atoms with van der Waals surface area (Å²) >= 11 is 0. The SMILES string of the molecule is C=c1ccc2c(c1)-c1ccccc1C=2. The average molecular weight is 178 g/mol. The minimum Gasteiger partial charge on any atom is -0.0917 e. The monoisotopic (exact) mass is 178 g/mol. The van der Waals surface area contributed by atoms with Crippen LogP contribution in [0.25, 0.3) is 23.8 Å². The van der Waals surface area contributed by atoms with Gasteiger partial charge >= 0.3 is 0 Å². The van der Waals surface area contributed by atoms with Crippen LogP contribution in [0, 0.1) is 0 Å². The summed E-state index contributed by atoms with van der Waals surface area (Å²) in [5.74, 6) is 0. The molecule has 3 rings (SSSR count). The van der Waals surface area contributed by atoms with E-state index in [1.807, 2.05) is 0 Å². The second-order valence-electron chi connectivity index (χ2n) is 3.65. The molecule has 0 saturated heterocycles. The molecule has 0 nitrogen and oxygen atoms in total. The van der Waals surface area contributed by atoms with Crippen molar-refractivity contribution in [2.24, 2.45) is 0 Å². The first-order valence-electron chi connectivity index (χ1n) is 4.75. The van der Waals surface area contributed by atoms with Gasteiger partial charge < -0.3 is 0 Å². The molecule has 0 saturated carbocycles. The van der Waals surface area contributed by atoms with E-state index >= 15 is 0 Å². The summed E-state index contributed by atoms with van der Waals surface area (Å²) in [6, 6.07) is 14.8. The Balaban J connectivity index is 2.45. The van der Waals surface area contributed by atoms with E-state index in [4.69, 9.17) is 0 Å². The summed E-state index contributed by atoms with van der Waals surface area (Å²) in [6.07, 6.45) is 2.23. The highest BCUT2D eigenvalue weighted by molar-refractivity contribution is 5.82. The summed E-state index contributed by atoms with van der Waals surface area (Å²) in [7, 11) is 0. The van der Waals surface area contributed by atoms with Gasteiger partial charge in [-0.3, -0.25) is 0 Å². The van der Waals surface area contributed by atoms with Crippen LogP contribution >= 0.6 is 0 Å². The molecule has 0 radical (unpaired) electrons. The Hall–Kier alpha value is -1.82. The second kappa shape index (κ2) is 2.58. The molecule has 0 bridgehead atoms. The lowest BCUT2D eigenvalue weighted by Gasteiger charge is -1.99. The molecule has 1 aliphatic carbocycles. The minimum atomic E-state index is 1.08. The normalized spacial score (nSPS) is 11.7. The van der Waals surface area contributed by atoms with Crippen LogP contribution in [0.15, 0.2) is 42.5 Å². The first kappa shape index (κ1) is 7.57. The van der Waals surface area contributed by atoms with Crippen molar-refractivity contribution in [2.45, 2.75) is 0 Å². The van der Waals surface area contributed by atoms with Gasteiger partial charge in [0, 0.05) is 0 Å². The summed E-state index contributed by atoms with van der Waals surface area (Å²) in [4.78, 5) is 0. The highest BCUT2D eigenvalue weighted by atomic mass is 14.1. The van der Waals surface area contributed by atoms with E-state index in [1.54, 1.807) is 0 Å². The predicted molar refractivity (Wildman–Crippen MR) is 60.2 cm³/mol. The highest BCUT2D eigenvalue weighted by Gasteiger charge is 2.09. The summed E-state index contributed by atoms with van der Waals surface area (Å²) in [6.45, 7) is 3.96. The van der Waals surface area contributed by atoms with E-state index in [1.165, 1.54) is 21.9 Å². The van der Waals surface area contributed by atoms with Crippen molar-refractivity contribution >= 4 is 12.7 Å². The quantitative estimate of drug-likeness (QED) is 0.493. The maximum absolute atomic E-state index is 3.96. The molecule has 66 valence electrons. The molecule has 0 atom stereocenters. The van der Waals surface area contributed by atoms with E-state index in [2.05, 4.69) is 55.1 Å². The molecule has 0 aliphatic heterocycles. The molecule has 0 aromatic heterocycles. The Labute approximate surface area is 82.8 Å². The van der Waals surface area contributed by atoms with Crippen LogP contribution in [0.2, 0.25) is 0 Å². The topological polar surface area (TPSA) is 0 Å². The summed E-state index contributed by atoms with van der Waals surface area (Å²) < 4.78 is 0. The smallest absolute Gasteiger partial charge is 0.00995 e. The third-order valence-corrected chi connectivity index (χ3v) is 2.68. The van der Waals surface area contributed by atoms with Crippen LogP contribution in [0.4, 0.5) is 0 Å². The zero-order valence-corrected chi connectivity index (χ0v) is 7.83. The third-order valence-electron chi connectivity index (χ3n) is 2.68. The van der Waals surface area contributed by atoms with Crippen molar-refractivity contribution < 1.29 is 0 Å². The lowest BCUT2D eigenvalue weighted by molar-refractivity contribution is 1.56. The maximum Gasteiger partial charge on any atom is -0.00995 e. The van der Waals surface area contributed by atoms with Gasteiger partial charge in [-0.05, 0) is 39.3 Å². The standard InChI is InChI=1S/C14H10/c1-10-6-7-12-9-11-4-2-3-5-13(11)14(12)8-10/h2-9H,1H2. The van der Waals surface area contributed by atoms with Gasteiger partial charge in [0.15, 0.2) is 0 Å². The van der Waals surface area contributed by atoms with Crippen molar-refractivity contribution in [2.75, 3.05) is 0 Å². The molecule has 0 unspecified atom stereocenters. The molecular formula is C14H10. The fourth-order valence-electron chi connectivity index (χ4n) is 2.00. The van der Waals surface area contributed by atoms with Crippen LogP contribution in [0.3, 0.4) is 0 Å². The first-order chi connectivity index (χ1) is 6.84. The zero-order valence-electron chi connectivity index (χ0n) is 7.83. The molecule has 0 heterocycles. The second-order valence-corrected chi connectivity index (χ2v) is 3.65. The number of hydrogen-bond donors (Lipinski definition) is 0. The highest BCUT2D eigenvalue weighted by Crippen LogP contribution is 2.24. The van der Waals surface area contributed by atoms with Crippen LogP contribution in [0.1, 0.15) is 5.56 Å². The zero-order chi connectivity index (χ0) is 9.54. The average Bonchev–Trinajstić information content (AvgIpc) is 2.56. The largest absolute Gasteiger partial charge is 0.0917 e. The first-order valence-corrected chi connectivity index (χ1v) is 4.75. The lowest BCUT2D eigenvalue weighted by Crippen LogP contribution is -2.06.